The van der Waals surface area contributed by atoms with Gasteiger partial charge in [0, 0.05) is 5.03 Å². The second kappa shape index (κ2) is 6.81. The zero-order chi connectivity index (χ0) is 14.8. The quantitative estimate of drug-likeness (QED) is 0.556. The van der Waals surface area contributed by atoms with Crippen LogP contribution in [0, 0.1) is 23.7 Å². The fourth-order valence-electron chi connectivity index (χ4n) is 4.15. The summed E-state index contributed by atoms with van der Waals surface area (Å²) < 4.78 is 14.9. The first kappa shape index (κ1) is 16.3. The van der Waals surface area contributed by atoms with Crippen molar-refractivity contribution in [1.29, 1.82) is 0 Å². The summed E-state index contributed by atoms with van der Waals surface area (Å²) in [7, 11) is 0. The van der Waals surface area contributed by atoms with E-state index < -0.39 is 5.67 Å². The van der Waals surface area contributed by atoms with Crippen molar-refractivity contribution in [3.05, 3.63) is 11.1 Å². The van der Waals surface area contributed by atoms with E-state index in [1.807, 2.05) is 13.8 Å². The molecule has 4 atom stereocenters. The van der Waals surface area contributed by atoms with Gasteiger partial charge in [0.1, 0.15) is 5.67 Å². The van der Waals surface area contributed by atoms with Crippen molar-refractivity contribution in [2.24, 2.45) is 23.7 Å². The number of hydrogen-bond donors (Lipinski definition) is 0. The Bertz CT molecular complexity index is 349. The van der Waals surface area contributed by atoms with Crippen LogP contribution in [0.1, 0.15) is 72.1 Å². The molecular formula is C18H30ClF. The van der Waals surface area contributed by atoms with Crippen LogP contribution in [0.5, 0.6) is 0 Å². The van der Waals surface area contributed by atoms with Crippen LogP contribution in [-0.2, 0) is 0 Å². The average Bonchev–Trinajstić information content (AvgIpc) is 2.39. The smallest absolute Gasteiger partial charge is 0.113 e. The summed E-state index contributed by atoms with van der Waals surface area (Å²) in [4.78, 5) is 0. The SMILES string of the molecule is CC(CC1CCCC(F)(C(C)C)C1)C1CC=C(Cl)CC1. The zero-order valence-corrected chi connectivity index (χ0v) is 14.1. The molecule has 0 amide bonds. The highest BCUT2D eigenvalue weighted by atomic mass is 35.5. The van der Waals surface area contributed by atoms with Crippen LogP contribution in [0.2, 0.25) is 0 Å². The van der Waals surface area contributed by atoms with E-state index in [9.17, 15) is 4.39 Å². The zero-order valence-electron chi connectivity index (χ0n) is 13.3. The highest BCUT2D eigenvalue weighted by Gasteiger charge is 2.39. The second-order valence-electron chi connectivity index (χ2n) is 7.55. The van der Waals surface area contributed by atoms with Crippen LogP contribution in [0.3, 0.4) is 0 Å². The van der Waals surface area contributed by atoms with Crippen LogP contribution in [-0.4, -0.2) is 5.67 Å². The van der Waals surface area contributed by atoms with Gasteiger partial charge in [0.2, 0.25) is 0 Å². The molecule has 0 bridgehead atoms. The Morgan fingerprint density at radius 1 is 1.35 bits per heavy atom. The summed E-state index contributed by atoms with van der Waals surface area (Å²) in [6, 6.07) is 0. The summed E-state index contributed by atoms with van der Waals surface area (Å²) in [5, 5.41) is 1.04. The van der Waals surface area contributed by atoms with E-state index in [1.165, 1.54) is 19.3 Å². The van der Waals surface area contributed by atoms with E-state index in [4.69, 9.17) is 11.6 Å². The van der Waals surface area contributed by atoms with Crippen LogP contribution in [0.15, 0.2) is 11.1 Å². The first-order chi connectivity index (χ1) is 9.40. The van der Waals surface area contributed by atoms with E-state index in [-0.39, 0.29) is 5.92 Å². The first-order valence-corrected chi connectivity index (χ1v) is 8.82. The first-order valence-electron chi connectivity index (χ1n) is 8.44. The number of alkyl halides is 1. The maximum absolute atomic E-state index is 14.9. The molecule has 0 aromatic rings. The number of allylic oxidation sites excluding steroid dienone is 2. The van der Waals surface area contributed by atoms with Crippen molar-refractivity contribution in [2.45, 2.75) is 77.8 Å². The minimum absolute atomic E-state index is 0.164. The lowest BCUT2D eigenvalue weighted by molar-refractivity contribution is 0.0214. The lowest BCUT2D eigenvalue weighted by atomic mass is 9.69. The van der Waals surface area contributed by atoms with E-state index in [2.05, 4.69) is 13.0 Å². The van der Waals surface area contributed by atoms with Gasteiger partial charge >= 0.3 is 0 Å². The lowest BCUT2D eigenvalue weighted by Gasteiger charge is -2.39. The highest BCUT2D eigenvalue weighted by molar-refractivity contribution is 6.29. The second-order valence-corrected chi connectivity index (χ2v) is 8.04. The monoisotopic (exact) mass is 300 g/mol. The molecule has 0 aromatic carbocycles. The molecule has 2 aliphatic rings. The predicted octanol–water partition coefficient (Wildman–Crippen LogP) is 6.49. The van der Waals surface area contributed by atoms with Crippen LogP contribution < -0.4 is 0 Å². The Kier molecular flexibility index (Phi) is 5.56. The third-order valence-corrected chi connectivity index (χ3v) is 6.12. The molecule has 20 heavy (non-hydrogen) atoms. The van der Waals surface area contributed by atoms with Crippen LogP contribution in [0.25, 0.3) is 0 Å². The van der Waals surface area contributed by atoms with Gasteiger partial charge in [0.25, 0.3) is 0 Å². The Morgan fingerprint density at radius 3 is 2.70 bits per heavy atom. The minimum atomic E-state index is -0.904. The lowest BCUT2D eigenvalue weighted by Crippen LogP contribution is -2.36. The van der Waals surface area contributed by atoms with Gasteiger partial charge in [0.05, 0.1) is 0 Å². The van der Waals surface area contributed by atoms with E-state index in [0.717, 1.165) is 43.1 Å². The number of rotatable bonds is 4. The summed E-state index contributed by atoms with van der Waals surface area (Å²) in [5.74, 6) is 2.22. The van der Waals surface area contributed by atoms with E-state index in [0.29, 0.717) is 11.8 Å². The maximum Gasteiger partial charge on any atom is 0.113 e. The van der Waals surface area contributed by atoms with Crippen LogP contribution >= 0.6 is 11.6 Å². The fourth-order valence-corrected chi connectivity index (χ4v) is 4.35. The molecule has 0 aliphatic heterocycles. The van der Waals surface area contributed by atoms with Crippen molar-refractivity contribution in [1.82, 2.24) is 0 Å². The van der Waals surface area contributed by atoms with Gasteiger partial charge < -0.3 is 0 Å². The molecule has 0 N–H and O–H groups in total. The molecule has 0 saturated heterocycles. The molecule has 0 aromatic heterocycles. The van der Waals surface area contributed by atoms with E-state index in [1.54, 1.807) is 0 Å². The largest absolute Gasteiger partial charge is 0.244 e. The van der Waals surface area contributed by atoms with Crippen molar-refractivity contribution < 1.29 is 4.39 Å². The average molecular weight is 301 g/mol. The van der Waals surface area contributed by atoms with E-state index >= 15 is 0 Å². The molecule has 2 aliphatic carbocycles. The fraction of sp³-hybridized carbons (Fsp3) is 0.889. The Morgan fingerprint density at radius 2 is 2.10 bits per heavy atom. The van der Waals surface area contributed by atoms with Gasteiger partial charge in [-0.15, -0.1) is 0 Å². The Balaban J connectivity index is 1.86. The molecule has 0 heterocycles. The standard InChI is InChI=1S/C18H30ClF/c1-13(2)18(20)10-4-5-15(12-18)11-14(3)16-6-8-17(19)9-7-16/h8,13-16H,4-7,9-12H2,1-3H3. The molecule has 1 saturated carbocycles. The predicted molar refractivity (Wildman–Crippen MR) is 85.7 cm³/mol. The molecular weight excluding hydrogens is 271 g/mol. The molecule has 0 radical (unpaired) electrons. The number of hydrogen-bond acceptors (Lipinski definition) is 0. The summed E-state index contributed by atoms with van der Waals surface area (Å²) >= 11 is 6.06. The van der Waals surface area contributed by atoms with Crippen molar-refractivity contribution >= 4 is 11.6 Å². The van der Waals surface area contributed by atoms with Gasteiger partial charge in [-0.3, -0.25) is 0 Å². The Labute approximate surface area is 129 Å². The molecule has 4 unspecified atom stereocenters. The van der Waals surface area contributed by atoms with Crippen molar-refractivity contribution in [2.75, 3.05) is 0 Å². The maximum atomic E-state index is 14.9. The van der Waals surface area contributed by atoms with Crippen molar-refractivity contribution in [3.8, 4) is 0 Å². The summed E-state index contributed by atoms with van der Waals surface area (Å²) in [5.41, 5.74) is -0.904. The minimum Gasteiger partial charge on any atom is -0.244 e. The molecule has 0 nitrogen and oxygen atoms in total. The normalized spacial score (nSPS) is 36.8. The van der Waals surface area contributed by atoms with Gasteiger partial charge in [-0.25, -0.2) is 4.39 Å². The molecule has 2 heteroatoms. The van der Waals surface area contributed by atoms with Gasteiger partial charge in [0.15, 0.2) is 0 Å². The van der Waals surface area contributed by atoms with Gasteiger partial charge in [-0.05, 0) is 68.6 Å². The third kappa shape index (κ3) is 4.00. The van der Waals surface area contributed by atoms with Gasteiger partial charge in [-0.1, -0.05) is 44.9 Å². The molecule has 0 spiro atoms. The van der Waals surface area contributed by atoms with Gasteiger partial charge in [-0.2, -0.15) is 0 Å². The molecule has 116 valence electrons. The van der Waals surface area contributed by atoms with Crippen molar-refractivity contribution in [3.63, 3.8) is 0 Å². The highest BCUT2D eigenvalue weighted by Crippen LogP contribution is 2.44. The molecule has 1 fully saturated rings. The van der Waals surface area contributed by atoms with Crippen LogP contribution in [0.4, 0.5) is 4.39 Å². The topological polar surface area (TPSA) is 0 Å². The summed E-state index contributed by atoms with van der Waals surface area (Å²) in [6.45, 7) is 6.45. The third-order valence-electron chi connectivity index (χ3n) is 5.77. The number of halogens is 2. The summed E-state index contributed by atoms with van der Waals surface area (Å²) in [6.07, 6.45) is 10.6. The molecule has 2 rings (SSSR count). The Hall–Kier alpha value is -0.0400.